The normalized spacial score (nSPS) is 13.8. The highest BCUT2D eigenvalue weighted by Crippen LogP contribution is 2.17. The number of nitrogens with one attached hydrogen (secondary N) is 3. The highest BCUT2D eigenvalue weighted by molar-refractivity contribution is 7.92. The highest BCUT2D eigenvalue weighted by atomic mass is 32.2. The topological polar surface area (TPSA) is 82.6 Å². The van der Waals surface area contributed by atoms with Crippen molar-refractivity contribution in [1.29, 1.82) is 0 Å². The van der Waals surface area contributed by atoms with Gasteiger partial charge in [0.2, 0.25) is 10.0 Å². The summed E-state index contributed by atoms with van der Waals surface area (Å²) >= 11 is 0. The van der Waals surface area contributed by atoms with Crippen molar-refractivity contribution in [3.63, 3.8) is 0 Å². The Hall–Kier alpha value is -2.54. The number of aliphatic imine (C=N–C) groups is 1. The minimum absolute atomic E-state index is 0.136. The molecule has 1 aliphatic heterocycles. The lowest BCUT2D eigenvalue weighted by molar-refractivity contribution is 0.600. The van der Waals surface area contributed by atoms with Gasteiger partial charge in [0.05, 0.1) is 12.3 Å². The first-order chi connectivity index (χ1) is 12.5. The minimum Gasteiger partial charge on any atom is -0.354 e. The van der Waals surface area contributed by atoms with Crippen LogP contribution in [0.25, 0.3) is 0 Å². The summed E-state index contributed by atoms with van der Waals surface area (Å²) in [5.74, 6) is 0.954. The van der Waals surface area contributed by atoms with E-state index < -0.39 is 10.0 Å². The Labute approximate surface area is 154 Å². The molecule has 0 unspecified atom stereocenters. The van der Waals surface area contributed by atoms with Crippen LogP contribution in [0.15, 0.2) is 53.5 Å². The first-order valence-corrected chi connectivity index (χ1v) is 10.4. The van der Waals surface area contributed by atoms with Crippen molar-refractivity contribution in [2.75, 3.05) is 28.9 Å². The van der Waals surface area contributed by atoms with Crippen molar-refractivity contribution in [2.24, 2.45) is 4.99 Å². The van der Waals surface area contributed by atoms with Crippen molar-refractivity contribution < 1.29 is 8.42 Å². The number of benzene rings is 2. The average molecular weight is 372 g/mol. The maximum absolute atomic E-state index is 11.8. The fourth-order valence-corrected chi connectivity index (χ4v) is 3.88. The quantitative estimate of drug-likeness (QED) is 0.698. The van der Waals surface area contributed by atoms with Crippen molar-refractivity contribution in [2.45, 2.75) is 19.8 Å². The van der Waals surface area contributed by atoms with Crippen LogP contribution in [0.3, 0.4) is 0 Å². The Morgan fingerprint density at radius 1 is 1.00 bits per heavy atom. The Kier molecular flexibility index (Phi) is 5.78. The lowest BCUT2D eigenvalue weighted by atomic mass is 10.0. The Balaban J connectivity index is 1.58. The van der Waals surface area contributed by atoms with E-state index in [1.807, 2.05) is 43.3 Å². The number of nitrogens with zero attached hydrogens (tertiary/aromatic N) is 1. The molecule has 0 saturated carbocycles. The van der Waals surface area contributed by atoms with Crippen LogP contribution in [0, 0.1) is 0 Å². The summed E-state index contributed by atoms with van der Waals surface area (Å²) in [6.45, 7) is 3.54. The molecule has 1 heterocycles. The second-order valence-corrected chi connectivity index (χ2v) is 8.12. The zero-order chi connectivity index (χ0) is 18.4. The van der Waals surface area contributed by atoms with E-state index in [1.165, 1.54) is 5.56 Å². The van der Waals surface area contributed by atoms with Crippen molar-refractivity contribution in [3.8, 4) is 0 Å². The summed E-state index contributed by atoms with van der Waals surface area (Å²) in [6, 6.07) is 15.7. The Morgan fingerprint density at radius 3 is 2.15 bits per heavy atom. The third kappa shape index (κ3) is 5.23. The molecule has 0 atom stereocenters. The van der Waals surface area contributed by atoms with Crippen LogP contribution in [0.2, 0.25) is 0 Å². The molecule has 0 aromatic heterocycles. The molecule has 3 rings (SSSR count). The smallest absolute Gasteiger partial charge is 0.232 e. The van der Waals surface area contributed by atoms with Gasteiger partial charge in [0.15, 0.2) is 5.96 Å². The van der Waals surface area contributed by atoms with Gasteiger partial charge in [-0.2, -0.15) is 0 Å². The minimum atomic E-state index is -3.24. The van der Waals surface area contributed by atoms with Gasteiger partial charge < -0.3 is 10.6 Å². The maximum Gasteiger partial charge on any atom is 0.232 e. The average Bonchev–Trinajstić information content (AvgIpc) is 3.11. The SMILES string of the molecule is CCCS(=O)(=O)Nc1ccc(Cc2ccc(NC3=NCCN3)cc2)cc1. The van der Waals surface area contributed by atoms with E-state index in [2.05, 4.69) is 32.5 Å². The molecule has 138 valence electrons. The molecule has 3 N–H and O–H groups in total. The van der Waals surface area contributed by atoms with Crippen LogP contribution in [0.1, 0.15) is 24.5 Å². The van der Waals surface area contributed by atoms with Crippen LogP contribution in [-0.4, -0.2) is 33.2 Å². The zero-order valence-electron chi connectivity index (χ0n) is 14.8. The second kappa shape index (κ2) is 8.23. The number of sulfonamides is 1. The van der Waals surface area contributed by atoms with E-state index in [9.17, 15) is 8.42 Å². The van der Waals surface area contributed by atoms with Crippen LogP contribution in [0.4, 0.5) is 11.4 Å². The third-order valence-electron chi connectivity index (χ3n) is 4.00. The summed E-state index contributed by atoms with van der Waals surface area (Å²) in [6.07, 6.45) is 1.39. The number of anilines is 2. The molecule has 0 saturated heterocycles. The predicted octanol–water partition coefficient (Wildman–Crippen LogP) is 2.80. The summed E-state index contributed by atoms with van der Waals surface area (Å²) in [4.78, 5) is 4.31. The zero-order valence-corrected chi connectivity index (χ0v) is 15.6. The van der Waals surface area contributed by atoms with E-state index in [4.69, 9.17) is 0 Å². The van der Waals surface area contributed by atoms with Crippen molar-refractivity contribution >= 4 is 27.4 Å². The van der Waals surface area contributed by atoms with Gasteiger partial charge in [-0.15, -0.1) is 0 Å². The van der Waals surface area contributed by atoms with E-state index >= 15 is 0 Å². The number of hydrogen-bond donors (Lipinski definition) is 3. The molecular weight excluding hydrogens is 348 g/mol. The maximum atomic E-state index is 11.8. The largest absolute Gasteiger partial charge is 0.354 e. The standard InChI is InChI=1S/C19H24N4O2S/c1-2-13-26(24,25)23-18-9-5-16(6-10-18)14-15-3-7-17(8-4-15)22-19-20-11-12-21-19/h3-10,23H,2,11-14H2,1H3,(H2,20,21,22). The Morgan fingerprint density at radius 2 is 1.62 bits per heavy atom. The number of rotatable bonds is 7. The van der Waals surface area contributed by atoms with Crippen LogP contribution in [0.5, 0.6) is 0 Å². The van der Waals surface area contributed by atoms with Gasteiger partial charge in [-0.25, -0.2) is 8.42 Å². The van der Waals surface area contributed by atoms with Gasteiger partial charge in [0, 0.05) is 17.9 Å². The van der Waals surface area contributed by atoms with E-state index in [1.54, 1.807) is 0 Å². The van der Waals surface area contributed by atoms with Gasteiger partial charge >= 0.3 is 0 Å². The van der Waals surface area contributed by atoms with Crippen LogP contribution >= 0.6 is 0 Å². The molecule has 7 heteroatoms. The fourth-order valence-electron chi connectivity index (χ4n) is 2.75. The number of guanidine groups is 1. The highest BCUT2D eigenvalue weighted by Gasteiger charge is 2.08. The molecule has 0 fully saturated rings. The molecule has 0 aliphatic carbocycles. The van der Waals surface area contributed by atoms with Crippen molar-refractivity contribution in [3.05, 3.63) is 59.7 Å². The monoisotopic (exact) mass is 372 g/mol. The van der Waals surface area contributed by atoms with E-state index in [0.29, 0.717) is 12.1 Å². The second-order valence-electron chi connectivity index (χ2n) is 6.27. The van der Waals surface area contributed by atoms with Crippen LogP contribution in [-0.2, 0) is 16.4 Å². The number of hydrogen-bond acceptors (Lipinski definition) is 5. The van der Waals surface area contributed by atoms with Crippen LogP contribution < -0.4 is 15.4 Å². The molecule has 0 amide bonds. The molecule has 0 bridgehead atoms. The van der Waals surface area contributed by atoms with Gasteiger partial charge in [-0.1, -0.05) is 31.2 Å². The van der Waals surface area contributed by atoms with Crippen molar-refractivity contribution in [1.82, 2.24) is 5.32 Å². The molecule has 2 aromatic rings. The van der Waals surface area contributed by atoms with E-state index in [-0.39, 0.29) is 5.75 Å². The van der Waals surface area contributed by atoms with Gasteiger partial charge in [-0.3, -0.25) is 9.71 Å². The van der Waals surface area contributed by atoms with Gasteiger partial charge in [-0.05, 0) is 48.2 Å². The lowest BCUT2D eigenvalue weighted by Gasteiger charge is -2.09. The summed E-state index contributed by atoms with van der Waals surface area (Å²) < 4.78 is 26.2. The Bertz CT molecular complexity index is 859. The molecule has 6 nitrogen and oxygen atoms in total. The molecule has 0 spiro atoms. The summed E-state index contributed by atoms with van der Waals surface area (Å²) in [5, 5.41) is 6.42. The summed E-state index contributed by atoms with van der Waals surface area (Å²) in [5.41, 5.74) is 3.93. The third-order valence-corrected chi connectivity index (χ3v) is 5.49. The molecule has 1 aliphatic rings. The first kappa shape index (κ1) is 18.3. The lowest BCUT2D eigenvalue weighted by Crippen LogP contribution is -2.26. The molecule has 26 heavy (non-hydrogen) atoms. The van der Waals surface area contributed by atoms with Gasteiger partial charge in [0.1, 0.15) is 0 Å². The predicted molar refractivity (Wildman–Crippen MR) is 107 cm³/mol. The molecular formula is C19H24N4O2S. The summed E-state index contributed by atoms with van der Waals surface area (Å²) in [7, 11) is -3.24. The molecule has 0 radical (unpaired) electrons. The molecule has 2 aromatic carbocycles. The fraction of sp³-hybridized carbons (Fsp3) is 0.316. The first-order valence-electron chi connectivity index (χ1n) is 8.78. The van der Waals surface area contributed by atoms with Gasteiger partial charge in [0.25, 0.3) is 0 Å². The van der Waals surface area contributed by atoms with E-state index in [0.717, 1.165) is 36.7 Å².